The van der Waals surface area contributed by atoms with Gasteiger partial charge in [0.25, 0.3) is 5.79 Å². The van der Waals surface area contributed by atoms with Crippen LogP contribution < -0.4 is 5.32 Å². The van der Waals surface area contributed by atoms with E-state index in [-0.39, 0.29) is 20.6 Å². The van der Waals surface area contributed by atoms with E-state index in [1.165, 1.54) is 26.0 Å². The lowest BCUT2D eigenvalue weighted by molar-refractivity contribution is -0.222. The molecule has 1 saturated heterocycles. The fourth-order valence-corrected chi connectivity index (χ4v) is 2.17. The number of anilines is 1. The van der Waals surface area contributed by atoms with Crippen molar-refractivity contribution in [3.8, 4) is 0 Å². The van der Waals surface area contributed by atoms with Crippen LogP contribution in [-0.2, 0) is 19.1 Å². The molecule has 0 saturated carbocycles. The fourth-order valence-electron chi connectivity index (χ4n) is 1.57. The van der Waals surface area contributed by atoms with Crippen LogP contribution in [0.15, 0.2) is 23.9 Å². The van der Waals surface area contributed by atoms with E-state index in [4.69, 9.17) is 44.3 Å². The van der Waals surface area contributed by atoms with Crippen molar-refractivity contribution in [3.05, 3.63) is 39.0 Å². The number of benzene rings is 1. The average Bonchev–Trinajstić information content (AvgIpc) is 2.33. The summed E-state index contributed by atoms with van der Waals surface area (Å²) in [6.07, 6.45) is 1.16. The Kier molecular flexibility index (Phi) is 4.37. The molecule has 0 spiro atoms. The van der Waals surface area contributed by atoms with Gasteiger partial charge in [-0.1, -0.05) is 34.8 Å². The maximum Gasteiger partial charge on any atom is 0.350 e. The van der Waals surface area contributed by atoms with Crippen LogP contribution in [0.2, 0.25) is 15.1 Å². The second-order valence-electron chi connectivity index (χ2n) is 4.64. The fraction of sp³-hybridized carbons (Fsp3) is 0.231. The predicted molar refractivity (Wildman–Crippen MR) is 79.4 cm³/mol. The van der Waals surface area contributed by atoms with Gasteiger partial charge in [-0.3, -0.25) is 0 Å². The number of halogens is 3. The number of ether oxygens (including phenoxy) is 2. The first-order valence-electron chi connectivity index (χ1n) is 5.77. The topological polar surface area (TPSA) is 64.6 Å². The van der Waals surface area contributed by atoms with Crippen LogP contribution in [0.5, 0.6) is 0 Å². The van der Waals surface area contributed by atoms with Gasteiger partial charge >= 0.3 is 11.9 Å². The number of cyclic esters (lactones) is 2. The summed E-state index contributed by atoms with van der Waals surface area (Å²) in [6.45, 7) is 2.93. The lowest BCUT2D eigenvalue weighted by Crippen LogP contribution is -2.42. The molecule has 1 N–H and O–H groups in total. The van der Waals surface area contributed by atoms with E-state index in [2.05, 4.69) is 5.32 Å². The summed E-state index contributed by atoms with van der Waals surface area (Å²) >= 11 is 17.6. The Hall–Kier alpha value is -1.43. The molecular weight excluding hydrogens is 341 g/mol. The molecule has 0 aliphatic carbocycles. The maximum atomic E-state index is 11.7. The zero-order chi connectivity index (χ0) is 15.8. The molecule has 1 aromatic rings. The molecule has 1 aromatic carbocycles. The Morgan fingerprint density at radius 1 is 1.05 bits per heavy atom. The smallest absolute Gasteiger partial charge is 0.350 e. The first kappa shape index (κ1) is 15.9. The van der Waals surface area contributed by atoms with Gasteiger partial charge in [0.15, 0.2) is 5.57 Å². The van der Waals surface area contributed by atoms with Crippen LogP contribution in [0.4, 0.5) is 5.69 Å². The predicted octanol–water partition coefficient (Wildman–Crippen LogP) is 3.78. The van der Waals surface area contributed by atoms with Crippen molar-refractivity contribution in [3.63, 3.8) is 0 Å². The standard InChI is InChI=1S/C13H10Cl3NO4/c1-13(2)20-11(18)7(12(19)21-13)5-17-6-3-8(14)10(16)9(15)4-6/h3-5,17H,1-2H3. The number of hydrogen-bond donors (Lipinski definition) is 1. The van der Waals surface area contributed by atoms with Gasteiger partial charge in [-0.2, -0.15) is 0 Å². The molecule has 0 aromatic heterocycles. The molecule has 0 atom stereocenters. The molecule has 0 unspecified atom stereocenters. The number of carbonyl (C=O) groups is 2. The second kappa shape index (κ2) is 5.75. The Bertz CT molecular complexity index is 610. The first-order chi connectivity index (χ1) is 9.69. The molecule has 1 aliphatic rings. The molecule has 112 valence electrons. The number of rotatable bonds is 2. The summed E-state index contributed by atoms with van der Waals surface area (Å²) in [4.78, 5) is 23.4. The van der Waals surface area contributed by atoms with Gasteiger partial charge < -0.3 is 14.8 Å². The molecule has 2 rings (SSSR count). The zero-order valence-corrected chi connectivity index (χ0v) is 13.3. The van der Waals surface area contributed by atoms with Gasteiger partial charge in [-0.15, -0.1) is 0 Å². The minimum Gasteiger partial charge on any atom is -0.419 e. The van der Waals surface area contributed by atoms with Crippen molar-refractivity contribution in [1.82, 2.24) is 0 Å². The third kappa shape index (κ3) is 3.61. The summed E-state index contributed by atoms with van der Waals surface area (Å²) in [7, 11) is 0. The van der Waals surface area contributed by atoms with E-state index in [0.717, 1.165) is 6.20 Å². The molecule has 1 fully saturated rings. The molecule has 0 amide bonds. The van der Waals surface area contributed by atoms with E-state index in [1.54, 1.807) is 0 Å². The number of esters is 2. The minimum atomic E-state index is -1.28. The summed E-state index contributed by atoms with van der Waals surface area (Å²) in [6, 6.07) is 2.99. The number of carbonyl (C=O) groups excluding carboxylic acids is 2. The van der Waals surface area contributed by atoms with Gasteiger partial charge in [0.05, 0.1) is 15.1 Å². The van der Waals surface area contributed by atoms with Crippen molar-refractivity contribution < 1.29 is 19.1 Å². The van der Waals surface area contributed by atoms with Crippen molar-refractivity contribution in [1.29, 1.82) is 0 Å². The number of nitrogens with one attached hydrogen (secondary N) is 1. The van der Waals surface area contributed by atoms with Gasteiger partial charge in [0, 0.05) is 25.7 Å². The lowest BCUT2D eigenvalue weighted by Gasteiger charge is -2.29. The van der Waals surface area contributed by atoms with Crippen LogP contribution >= 0.6 is 34.8 Å². The molecule has 5 nitrogen and oxygen atoms in total. The summed E-state index contributed by atoms with van der Waals surface area (Å²) in [5.41, 5.74) is 0.184. The lowest BCUT2D eigenvalue weighted by atomic mass is 10.2. The van der Waals surface area contributed by atoms with E-state index in [0.29, 0.717) is 5.69 Å². The van der Waals surface area contributed by atoms with Gasteiger partial charge in [-0.25, -0.2) is 9.59 Å². The third-order valence-electron chi connectivity index (χ3n) is 2.48. The van der Waals surface area contributed by atoms with Crippen LogP contribution in [-0.4, -0.2) is 17.7 Å². The van der Waals surface area contributed by atoms with Crippen molar-refractivity contribution >= 4 is 52.4 Å². The molecule has 21 heavy (non-hydrogen) atoms. The van der Waals surface area contributed by atoms with Gasteiger partial charge in [0.2, 0.25) is 0 Å². The van der Waals surface area contributed by atoms with Gasteiger partial charge in [-0.05, 0) is 12.1 Å². The summed E-state index contributed by atoms with van der Waals surface area (Å²) < 4.78 is 9.90. The highest BCUT2D eigenvalue weighted by Crippen LogP contribution is 2.33. The first-order valence-corrected chi connectivity index (χ1v) is 6.91. The van der Waals surface area contributed by atoms with Crippen LogP contribution in [0.3, 0.4) is 0 Å². The molecule has 1 aliphatic heterocycles. The van der Waals surface area contributed by atoms with Crippen molar-refractivity contribution in [2.45, 2.75) is 19.6 Å². The largest absolute Gasteiger partial charge is 0.419 e. The summed E-state index contributed by atoms with van der Waals surface area (Å²) in [5.74, 6) is -2.84. The molecule has 1 heterocycles. The van der Waals surface area contributed by atoms with E-state index >= 15 is 0 Å². The maximum absolute atomic E-state index is 11.7. The van der Waals surface area contributed by atoms with E-state index < -0.39 is 17.7 Å². The normalized spacial score (nSPS) is 17.1. The van der Waals surface area contributed by atoms with Crippen molar-refractivity contribution in [2.75, 3.05) is 5.32 Å². The van der Waals surface area contributed by atoms with Gasteiger partial charge in [0.1, 0.15) is 0 Å². The zero-order valence-electron chi connectivity index (χ0n) is 11.0. The highest BCUT2D eigenvalue weighted by molar-refractivity contribution is 6.48. The quantitative estimate of drug-likeness (QED) is 0.380. The number of hydrogen-bond acceptors (Lipinski definition) is 5. The van der Waals surface area contributed by atoms with Crippen LogP contribution in [0.1, 0.15) is 13.8 Å². The minimum absolute atomic E-state index is 0.217. The Labute approximate surface area is 135 Å². The Morgan fingerprint density at radius 2 is 1.52 bits per heavy atom. The third-order valence-corrected chi connectivity index (χ3v) is 3.68. The monoisotopic (exact) mass is 349 g/mol. The Morgan fingerprint density at radius 3 is 2.00 bits per heavy atom. The SMILES string of the molecule is CC1(C)OC(=O)C(=CNc2cc(Cl)c(Cl)c(Cl)c2)C(=O)O1. The second-order valence-corrected chi connectivity index (χ2v) is 5.83. The van der Waals surface area contributed by atoms with Crippen molar-refractivity contribution in [2.24, 2.45) is 0 Å². The molecule has 8 heteroatoms. The summed E-state index contributed by atoms with van der Waals surface area (Å²) in [5, 5.41) is 3.41. The van der Waals surface area contributed by atoms with E-state index in [9.17, 15) is 9.59 Å². The highest BCUT2D eigenvalue weighted by atomic mass is 35.5. The van der Waals surface area contributed by atoms with Crippen LogP contribution in [0.25, 0.3) is 0 Å². The average molecular weight is 351 g/mol. The van der Waals surface area contributed by atoms with E-state index in [1.807, 2.05) is 0 Å². The Balaban J connectivity index is 2.22. The highest BCUT2D eigenvalue weighted by Gasteiger charge is 2.38. The molecule has 0 radical (unpaired) electrons. The molecule has 0 bridgehead atoms. The molecular formula is C13H10Cl3NO4. The van der Waals surface area contributed by atoms with Crippen LogP contribution in [0, 0.1) is 0 Å².